The van der Waals surface area contributed by atoms with Crippen LogP contribution in [0.5, 0.6) is 11.5 Å². The van der Waals surface area contributed by atoms with Gasteiger partial charge in [0.05, 0.1) is 28.6 Å². The van der Waals surface area contributed by atoms with Crippen LogP contribution in [-0.4, -0.2) is 20.6 Å². The van der Waals surface area contributed by atoms with Crippen LogP contribution in [0.25, 0.3) is 11.0 Å². The number of carboxylic acid groups (broad SMARTS) is 1. The molecule has 0 aliphatic rings. The summed E-state index contributed by atoms with van der Waals surface area (Å²) in [5.41, 5.74) is -3.00. The highest BCUT2D eigenvalue weighted by atomic mass is 19.4. The van der Waals surface area contributed by atoms with Gasteiger partial charge in [-0.1, -0.05) is 13.8 Å². The molecule has 0 aliphatic heterocycles. The maximum atomic E-state index is 13.7. The largest absolute Gasteiger partial charge is 0.481 e. The number of aromatic nitrogens is 2. The van der Waals surface area contributed by atoms with Crippen LogP contribution in [0.3, 0.4) is 0 Å². The fraction of sp³-hybridized carbons (Fsp3) is 0.391. The van der Waals surface area contributed by atoms with E-state index in [0.717, 1.165) is 5.82 Å². The molecule has 0 bridgehead atoms. The molecule has 34 heavy (non-hydrogen) atoms. The molecule has 3 aromatic rings. The summed E-state index contributed by atoms with van der Waals surface area (Å²) < 4.78 is 89.4. The Labute approximate surface area is 191 Å². The summed E-state index contributed by atoms with van der Waals surface area (Å²) in [5.74, 6) is -2.20. The van der Waals surface area contributed by atoms with Gasteiger partial charge in [0.1, 0.15) is 11.6 Å². The average Bonchev–Trinajstić information content (AvgIpc) is 3.02. The van der Waals surface area contributed by atoms with Crippen LogP contribution >= 0.6 is 0 Å². The highest BCUT2D eigenvalue weighted by Crippen LogP contribution is 2.46. The van der Waals surface area contributed by atoms with E-state index >= 15 is 0 Å². The van der Waals surface area contributed by atoms with Crippen molar-refractivity contribution in [2.75, 3.05) is 0 Å². The lowest BCUT2D eigenvalue weighted by Gasteiger charge is -2.20. The number of ether oxygens (including phenoxy) is 1. The highest BCUT2D eigenvalue weighted by molar-refractivity contribution is 5.78. The summed E-state index contributed by atoms with van der Waals surface area (Å²) in [6.45, 7) is 6.34. The van der Waals surface area contributed by atoms with E-state index in [1.165, 1.54) is 18.2 Å². The molecule has 11 heteroatoms. The number of hydrogen-bond acceptors (Lipinski definition) is 3. The Morgan fingerprint density at radius 3 is 2.12 bits per heavy atom. The molecule has 0 atom stereocenters. The van der Waals surface area contributed by atoms with Crippen molar-refractivity contribution in [3.05, 3.63) is 52.8 Å². The molecule has 184 valence electrons. The van der Waals surface area contributed by atoms with Gasteiger partial charge in [0.2, 0.25) is 0 Å². The molecule has 2 aromatic carbocycles. The number of alkyl halides is 6. The first-order chi connectivity index (χ1) is 15.7. The van der Waals surface area contributed by atoms with E-state index in [4.69, 9.17) is 9.84 Å². The third kappa shape index (κ3) is 5.45. The minimum absolute atomic E-state index is 0.236. The number of nitrogens with zero attached hydrogens (tertiary/aromatic N) is 2. The van der Waals surface area contributed by atoms with Gasteiger partial charge in [-0.05, 0) is 42.7 Å². The van der Waals surface area contributed by atoms with E-state index in [0.29, 0.717) is 36.1 Å². The molecular weight excluding hydrogens is 466 g/mol. The van der Waals surface area contributed by atoms with E-state index in [9.17, 15) is 31.1 Å². The first-order valence-corrected chi connectivity index (χ1v) is 10.4. The molecule has 1 heterocycles. The van der Waals surface area contributed by atoms with Crippen molar-refractivity contribution >= 4 is 17.0 Å². The van der Waals surface area contributed by atoms with Crippen molar-refractivity contribution in [2.45, 2.75) is 52.5 Å². The summed E-state index contributed by atoms with van der Waals surface area (Å²) >= 11 is 0. The van der Waals surface area contributed by atoms with Gasteiger partial charge in [-0.2, -0.15) is 26.3 Å². The maximum absolute atomic E-state index is 13.7. The molecule has 0 aliphatic carbocycles. The van der Waals surface area contributed by atoms with Crippen molar-refractivity contribution in [3.63, 3.8) is 0 Å². The summed E-state index contributed by atoms with van der Waals surface area (Å²) in [5, 5.41) is 8.86. The second-order valence-electron chi connectivity index (χ2n) is 8.21. The Bertz CT molecular complexity index is 1180. The van der Waals surface area contributed by atoms with Crippen molar-refractivity contribution < 1.29 is 41.0 Å². The lowest BCUT2D eigenvalue weighted by molar-refractivity contribution is -0.145. The Hall–Kier alpha value is -3.24. The molecule has 0 saturated carbocycles. The van der Waals surface area contributed by atoms with Crippen molar-refractivity contribution in [2.24, 2.45) is 5.92 Å². The number of rotatable bonds is 7. The van der Waals surface area contributed by atoms with Crippen LogP contribution < -0.4 is 4.74 Å². The maximum Gasteiger partial charge on any atom is 0.420 e. The quantitative estimate of drug-likeness (QED) is 0.376. The zero-order valence-corrected chi connectivity index (χ0v) is 18.5. The van der Waals surface area contributed by atoms with Gasteiger partial charge >= 0.3 is 18.3 Å². The minimum Gasteiger partial charge on any atom is -0.481 e. The monoisotopic (exact) mass is 488 g/mol. The van der Waals surface area contributed by atoms with Crippen LogP contribution in [0.1, 0.15) is 43.3 Å². The number of carbonyl (C=O) groups is 1. The number of hydrogen-bond donors (Lipinski definition) is 1. The number of halogens is 6. The smallest absolute Gasteiger partial charge is 0.420 e. The lowest BCUT2D eigenvalue weighted by Crippen LogP contribution is -2.16. The van der Waals surface area contributed by atoms with E-state index in [1.807, 2.05) is 25.3 Å². The van der Waals surface area contributed by atoms with Gasteiger partial charge in [-0.15, -0.1) is 0 Å². The SMILES string of the molecule is CCn1c(CC(C)C)nc2ccc(Oc3c(C(F)(F)F)cc(CC(=O)O)cc3C(F)(F)F)cc21. The molecular formula is C23H22F6N2O3. The lowest BCUT2D eigenvalue weighted by atomic mass is 10.0. The van der Waals surface area contributed by atoms with Crippen LogP contribution in [0.15, 0.2) is 30.3 Å². The Balaban J connectivity index is 2.18. The van der Waals surface area contributed by atoms with Crippen molar-refractivity contribution in [3.8, 4) is 11.5 Å². The third-order valence-electron chi connectivity index (χ3n) is 5.04. The zero-order chi connectivity index (χ0) is 25.4. The molecule has 0 saturated heterocycles. The third-order valence-corrected chi connectivity index (χ3v) is 5.04. The topological polar surface area (TPSA) is 64.4 Å². The number of fused-ring (bicyclic) bond motifs is 1. The summed E-state index contributed by atoms with van der Waals surface area (Å²) in [6.07, 6.45) is -10.8. The predicted molar refractivity (Wildman–Crippen MR) is 112 cm³/mol. The van der Waals surface area contributed by atoms with Crippen LogP contribution in [0.4, 0.5) is 26.3 Å². The van der Waals surface area contributed by atoms with E-state index in [-0.39, 0.29) is 11.7 Å². The van der Waals surface area contributed by atoms with Crippen molar-refractivity contribution in [1.82, 2.24) is 9.55 Å². The number of aryl methyl sites for hydroxylation is 1. The average molecular weight is 488 g/mol. The van der Waals surface area contributed by atoms with Gasteiger partial charge < -0.3 is 14.4 Å². The molecule has 0 unspecified atom stereocenters. The number of benzene rings is 2. The molecule has 0 radical (unpaired) electrons. The number of carboxylic acids is 1. The van der Waals surface area contributed by atoms with E-state index in [2.05, 4.69) is 4.98 Å². The molecule has 5 nitrogen and oxygen atoms in total. The van der Waals surface area contributed by atoms with Crippen molar-refractivity contribution in [1.29, 1.82) is 0 Å². The predicted octanol–water partition coefficient (Wildman–Crippen LogP) is 6.71. The summed E-state index contributed by atoms with van der Waals surface area (Å²) in [6, 6.07) is 4.81. The molecule has 0 spiro atoms. The van der Waals surface area contributed by atoms with E-state index < -0.39 is 47.2 Å². The fourth-order valence-corrected chi connectivity index (χ4v) is 3.70. The molecule has 3 rings (SSSR count). The van der Waals surface area contributed by atoms with Crippen LogP contribution in [0.2, 0.25) is 0 Å². The molecule has 0 amide bonds. The first kappa shape index (κ1) is 25.4. The van der Waals surface area contributed by atoms with Gasteiger partial charge in [-0.3, -0.25) is 4.79 Å². The normalized spacial score (nSPS) is 12.5. The Morgan fingerprint density at radius 1 is 1.06 bits per heavy atom. The number of imidazole rings is 1. The Morgan fingerprint density at radius 2 is 1.65 bits per heavy atom. The highest BCUT2D eigenvalue weighted by Gasteiger charge is 2.43. The first-order valence-electron chi connectivity index (χ1n) is 10.4. The second kappa shape index (κ2) is 9.19. The molecule has 1 aromatic heterocycles. The number of aliphatic carboxylic acids is 1. The van der Waals surface area contributed by atoms with Crippen LogP contribution in [0, 0.1) is 5.92 Å². The summed E-state index contributed by atoms with van der Waals surface area (Å²) in [4.78, 5) is 15.4. The van der Waals surface area contributed by atoms with Crippen LogP contribution in [-0.2, 0) is 36.5 Å². The van der Waals surface area contributed by atoms with Gasteiger partial charge in [-0.25, -0.2) is 4.98 Å². The zero-order valence-electron chi connectivity index (χ0n) is 18.5. The fourth-order valence-electron chi connectivity index (χ4n) is 3.70. The summed E-state index contributed by atoms with van der Waals surface area (Å²) in [7, 11) is 0. The Kier molecular flexibility index (Phi) is 6.86. The van der Waals surface area contributed by atoms with E-state index in [1.54, 1.807) is 0 Å². The van der Waals surface area contributed by atoms with Gasteiger partial charge in [0.25, 0.3) is 0 Å². The van der Waals surface area contributed by atoms with Gasteiger partial charge in [0, 0.05) is 19.0 Å². The van der Waals surface area contributed by atoms with Gasteiger partial charge in [0.15, 0.2) is 5.75 Å². The molecule has 0 fully saturated rings. The standard InChI is InChI=1S/C23H22F6N2O3/c1-4-31-18-11-14(5-6-17(18)30-19(31)7-12(2)3)34-21-15(22(24,25)26)8-13(10-20(32)33)9-16(21)23(27,28)29/h5-6,8-9,11-12H,4,7,10H2,1-3H3,(H,32,33). The second-order valence-corrected chi connectivity index (χ2v) is 8.21. The minimum atomic E-state index is -5.22. The molecule has 1 N–H and O–H groups in total.